The van der Waals surface area contributed by atoms with Crippen LogP contribution in [0.25, 0.3) is 0 Å². The summed E-state index contributed by atoms with van der Waals surface area (Å²) in [5.74, 6) is 0. The van der Waals surface area contributed by atoms with Gasteiger partial charge in [0.15, 0.2) is 0 Å². The topological polar surface area (TPSA) is 29.5 Å². The Morgan fingerprint density at radius 2 is 1.88 bits per heavy atom. The molecule has 1 fully saturated rings. The second kappa shape index (κ2) is 6.27. The van der Waals surface area contributed by atoms with Gasteiger partial charge in [-0.05, 0) is 52.4 Å². The maximum Gasteiger partial charge on any atom is 0.410 e. The number of hydrogen-bond acceptors (Lipinski definition) is 2. The summed E-state index contributed by atoms with van der Waals surface area (Å²) < 4.78 is 5.81. The Balaban J connectivity index is 2.62. The molecular formula is C14H27NO2. The number of nitrogens with zero attached hydrogens (tertiary/aromatic N) is 1. The van der Waals surface area contributed by atoms with Crippen molar-refractivity contribution in [3.05, 3.63) is 0 Å². The van der Waals surface area contributed by atoms with Crippen molar-refractivity contribution in [2.75, 3.05) is 6.54 Å². The first-order valence-electron chi connectivity index (χ1n) is 7.08. The van der Waals surface area contributed by atoms with E-state index < -0.39 is 0 Å². The van der Waals surface area contributed by atoms with Gasteiger partial charge in [0, 0.05) is 12.6 Å². The van der Waals surface area contributed by atoms with Crippen molar-refractivity contribution in [2.45, 2.75) is 77.9 Å². The minimum Gasteiger partial charge on any atom is -0.443 e. The maximum atomic E-state index is 12.2. The van der Waals surface area contributed by atoms with Crippen LogP contribution in [0.1, 0.15) is 66.2 Å². The van der Waals surface area contributed by atoms with E-state index in [0.717, 1.165) is 32.2 Å². The van der Waals surface area contributed by atoms with E-state index in [1.165, 1.54) is 12.8 Å². The van der Waals surface area contributed by atoms with Crippen molar-refractivity contribution in [3.63, 3.8) is 0 Å². The fourth-order valence-corrected chi connectivity index (χ4v) is 2.63. The van der Waals surface area contributed by atoms with Gasteiger partial charge >= 0.3 is 6.09 Å². The average Bonchev–Trinajstić information content (AvgIpc) is 2.78. The van der Waals surface area contributed by atoms with E-state index in [2.05, 4.69) is 20.8 Å². The lowest BCUT2D eigenvalue weighted by Crippen LogP contribution is -2.43. The summed E-state index contributed by atoms with van der Waals surface area (Å²) in [7, 11) is 0. The Kier molecular flexibility index (Phi) is 5.29. The monoisotopic (exact) mass is 241 g/mol. The number of amides is 1. The Labute approximate surface area is 106 Å². The Morgan fingerprint density at radius 1 is 1.29 bits per heavy atom. The van der Waals surface area contributed by atoms with Gasteiger partial charge in [0.2, 0.25) is 0 Å². The highest BCUT2D eigenvalue weighted by Crippen LogP contribution is 2.36. The van der Waals surface area contributed by atoms with Gasteiger partial charge in [0.25, 0.3) is 0 Å². The first-order valence-corrected chi connectivity index (χ1v) is 7.08. The average molecular weight is 241 g/mol. The molecule has 1 rings (SSSR count). The molecule has 0 radical (unpaired) electrons. The highest BCUT2D eigenvalue weighted by molar-refractivity contribution is 5.68. The molecule has 0 bridgehead atoms. The van der Waals surface area contributed by atoms with Crippen LogP contribution in [-0.2, 0) is 4.74 Å². The number of carbonyl (C=O) groups is 1. The number of rotatable bonds is 5. The van der Waals surface area contributed by atoms with Crippen molar-refractivity contribution in [1.29, 1.82) is 0 Å². The fourth-order valence-electron chi connectivity index (χ4n) is 2.63. The molecule has 3 nitrogen and oxygen atoms in total. The van der Waals surface area contributed by atoms with Crippen LogP contribution in [0.3, 0.4) is 0 Å². The molecule has 0 spiro atoms. The van der Waals surface area contributed by atoms with E-state index >= 15 is 0 Å². The van der Waals surface area contributed by atoms with Crippen LogP contribution in [0.4, 0.5) is 4.79 Å². The van der Waals surface area contributed by atoms with Crippen LogP contribution < -0.4 is 0 Å². The second-order valence-corrected chi connectivity index (χ2v) is 5.15. The minimum absolute atomic E-state index is 0.120. The van der Waals surface area contributed by atoms with E-state index in [9.17, 15) is 4.79 Å². The molecular weight excluding hydrogens is 214 g/mol. The second-order valence-electron chi connectivity index (χ2n) is 5.15. The molecule has 0 aromatic rings. The van der Waals surface area contributed by atoms with Crippen LogP contribution in [0, 0.1) is 0 Å². The van der Waals surface area contributed by atoms with E-state index in [1.54, 1.807) is 0 Å². The first kappa shape index (κ1) is 14.3. The molecule has 100 valence electrons. The van der Waals surface area contributed by atoms with Gasteiger partial charge in [-0.3, -0.25) is 0 Å². The Hall–Kier alpha value is -0.730. The molecule has 0 heterocycles. The van der Waals surface area contributed by atoms with E-state index in [0.29, 0.717) is 0 Å². The standard InChI is InChI=1S/C14H27NO2/c1-5-12(4)15(7-3)13(16)17-14(6-2)10-8-9-11-14/h12H,5-11H2,1-4H3. The Morgan fingerprint density at radius 3 is 2.29 bits per heavy atom. The zero-order valence-electron chi connectivity index (χ0n) is 11.8. The first-order chi connectivity index (χ1) is 8.08. The molecule has 0 aromatic carbocycles. The van der Waals surface area contributed by atoms with E-state index in [4.69, 9.17) is 4.74 Å². The summed E-state index contributed by atoms with van der Waals surface area (Å²) in [6, 6.07) is 0.266. The van der Waals surface area contributed by atoms with Gasteiger partial charge in [-0.2, -0.15) is 0 Å². The Bertz CT molecular complexity index is 247. The lowest BCUT2D eigenvalue weighted by molar-refractivity contribution is -0.0131. The molecule has 3 heteroatoms. The number of carbonyl (C=O) groups excluding carboxylic acids is 1. The van der Waals surface area contributed by atoms with Crippen LogP contribution in [0.5, 0.6) is 0 Å². The van der Waals surface area contributed by atoms with Gasteiger partial charge in [0.05, 0.1) is 0 Å². The van der Waals surface area contributed by atoms with Gasteiger partial charge < -0.3 is 9.64 Å². The molecule has 0 N–H and O–H groups in total. The van der Waals surface area contributed by atoms with Gasteiger partial charge in [-0.1, -0.05) is 13.8 Å². The molecule has 1 aliphatic carbocycles. The highest BCUT2D eigenvalue weighted by atomic mass is 16.6. The highest BCUT2D eigenvalue weighted by Gasteiger charge is 2.37. The molecule has 0 saturated heterocycles. The summed E-state index contributed by atoms with van der Waals surface area (Å²) in [6.07, 6.45) is 6.25. The van der Waals surface area contributed by atoms with Crippen molar-refractivity contribution >= 4 is 6.09 Å². The normalized spacial score (nSPS) is 20.0. The molecule has 1 amide bonds. The van der Waals surface area contributed by atoms with Crippen molar-refractivity contribution in [3.8, 4) is 0 Å². The molecule has 0 aliphatic heterocycles. The van der Waals surface area contributed by atoms with E-state index in [-0.39, 0.29) is 17.7 Å². The molecule has 1 atom stereocenters. The smallest absolute Gasteiger partial charge is 0.410 e. The predicted octanol–water partition coefficient (Wildman–Crippen LogP) is 3.97. The van der Waals surface area contributed by atoms with Crippen LogP contribution >= 0.6 is 0 Å². The zero-order valence-corrected chi connectivity index (χ0v) is 11.8. The molecule has 1 unspecified atom stereocenters. The zero-order chi connectivity index (χ0) is 12.9. The predicted molar refractivity (Wildman–Crippen MR) is 70.1 cm³/mol. The molecule has 1 saturated carbocycles. The fraction of sp³-hybridized carbons (Fsp3) is 0.929. The quantitative estimate of drug-likeness (QED) is 0.729. The lowest BCUT2D eigenvalue weighted by atomic mass is 9.99. The van der Waals surface area contributed by atoms with Crippen molar-refractivity contribution in [2.24, 2.45) is 0 Å². The number of ether oxygens (including phenoxy) is 1. The summed E-state index contributed by atoms with van der Waals surface area (Å²) in [5, 5.41) is 0. The maximum absolute atomic E-state index is 12.2. The van der Waals surface area contributed by atoms with Crippen LogP contribution in [-0.4, -0.2) is 29.2 Å². The summed E-state index contributed by atoms with van der Waals surface area (Å²) >= 11 is 0. The summed E-state index contributed by atoms with van der Waals surface area (Å²) in [4.78, 5) is 14.0. The van der Waals surface area contributed by atoms with Crippen molar-refractivity contribution < 1.29 is 9.53 Å². The third-order valence-electron chi connectivity index (χ3n) is 4.16. The molecule has 1 aliphatic rings. The van der Waals surface area contributed by atoms with Gasteiger partial charge in [-0.15, -0.1) is 0 Å². The van der Waals surface area contributed by atoms with Gasteiger partial charge in [0.1, 0.15) is 5.60 Å². The summed E-state index contributed by atoms with van der Waals surface area (Å²) in [6.45, 7) is 9.05. The third kappa shape index (κ3) is 3.36. The van der Waals surface area contributed by atoms with E-state index in [1.807, 2.05) is 11.8 Å². The SMILES string of the molecule is CCC(C)N(CC)C(=O)OC1(CC)CCCC1. The number of hydrogen-bond donors (Lipinski definition) is 0. The van der Waals surface area contributed by atoms with Crippen LogP contribution in [0.15, 0.2) is 0 Å². The third-order valence-corrected chi connectivity index (χ3v) is 4.16. The largest absolute Gasteiger partial charge is 0.443 e. The van der Waals surface area contributed by atoms with Gasteiger partial charge in [-0.25, -0.2) is 4.79 Å². The summed E-state index contributed by atoms with van der Waals surface area (Å²) in [5.41, 5.74) is -0.169. The minimum atomic E-state index is -0.169. The molecule has 17 heavy (non-hydrogen) atoms. The van der Waals surface area contributed by atoms with Crippen molar-refractivity contribution in [1.82, 2.24) is 4.90 Å². The lowest BCUT2D eigenvalue weighted by Gasteiger charge is -2.33. The molecule has 0 aromatic heterocycles. The van der Waals surface area contributed by atoms with Crippen LogP contribution in [0.2, 0.25) is 0 Å².